The lowest BCUT2D eigenvalue weighted by atomic mass is 10.0. The Labute approximate surface area is 284 Å². The number of unbranched alkanes of at least 4 members (excludes halogenated alkanes) is 10. The van der Waals surface area contributed by atoms with Crippen LogP contribution in [0, 0.1) is 13.8 Å². The summed E-state index contributed by atoms with van der Waals surface area (Å²) in [5.74, 6) is 8.75. The molecule has 6 heteroatoms. The van der Waals surface area contributed by atoms with Crippen molar-refractivity contribution in [2.45, 2.75) is 118 Å². The second-order valence-electron chi connectivity index (χ2n) is 13.1. The first kappa shape index (κ1) is 33.6. The number of aryl methyl sites for hydroxylation is 4. The lowest BCUT2D eigenvalue weighted by Gasteiger charge is -2.05. The minimum Gasteiger partial charge on any atom is -0.458 e. The van der Waals surface area contributed by atoms with Gasteiger partial charge < -0.3 is 26.5 Å². The van der Waals surface area contributed by atoms with Gasteiger partial charge in [0.05, 0.1) is 0 Å². The highest BCUT2D eigenvalue weighted by Gasteiger charge is 2.25. The normalized spacial score (nSPS) is 11.7. The molecule has 0 amide bonds. The predicted octanol–water partition coefficient (Wildman–Crippen LogP) is 14.0. The summed E-state index contributed by atoms with van der Waals surface area (Å²) in [7, 11) is 0. The molecule has 6 aromatic rings. The zero-order valence-corrected chi connectivity index (χ0v) is 29.1. The standard InChI is InChI=1S/C42H50O6/c1-5-7-9-11-13-15-17-31-27-39(37-25-23-35(45-37)33-21-19-29(3)43-33)47-41(31)42-32(18-16-14-12-10-8-6-2)28-40(48-42)38-26-24-36(46-38)34-22-20-30(4)44-34/h19-28H,5-18H2,1-4H3. The first-order valence-electron chi connectivity index (χ1n) is 18.1. The molecule has 48 heavy (non-hydrogen) atoms. The van der Waals surface area contributed by atoms with E-state index in [2.05, 4.69) is 26.0 Å². The van der Waals surface area contributed by atoms with Crippen LogP contribution in [0.4, 0.5) is 0 Å². The third-order valence-corrected chi connectivity index (χ3v) is 9.09. The summed E-state index contributed by atoms with van der Waals surface area (Å²) in [5, 5.41) is 0. The predicted molar refractivity (Wildman–Crippen MR) is 191 cm³/mol. The molecule has 0 bridgehead atoms. The lowest BCUT2D eigenvalue weighted by Crippen LogP contribution is -1.90. The van der Waals surface area contributed by atoms with E-state index in [1.807, 2.05) is 62.4 Å². The maximum Gasteiger partial charge on any atom is 0.173 e. The van der Waals surface area contributed by atoms with Crippen molar-refractivity contribution in [3.8, 4) is 57.6 Å². The molecule has 6 rings (SSSR count). The smallest absolute Gasteiger partial charge is 0.173 e. The summed E-state index contributed by atoms with van der Waals surface area (Å²) in [6.45, 7) is 8.38. The Morgan fingerprint density at radius 3 is 1.06 bits per heavy atom. The van der Waals surface area contributed by atoms with Crippen LogP contribution in [0.5, 0.6) is 0 Å². The summed E-state index contributed by atoms with van der Waals surface area (Å²) >= 11 is 0. The van der Waals surface area contributed by atoms with Gasteiger partial charge in [-0.2, -0.15) is 0 Å². The molecule has 0 aliphatic rings. The Morgan fingerprint density at radius 2 is 0.688 bits per heavy atom. The molecule has 0 aliphatic carbocycles. The van der Waals surface area contributed by atoms with E-state index in [-0.39, 0.29) is 0 Å². The fraction of sp³-hybridized carbons (Fsp3) is 0.429. The van der Waals surface area contributed by atoms with Gasteiger partial charge in [0.15, 0.2) is 57.6 Å². The van der Waals surface area contributed by atoms with Crippen molar-refractivity contribution in [2.75, 3.05) is 0 Å². The molecule has 0 radical (unpaired) electrons. The average Bonchev–Trinajstić information content (AvgIpc) is 3.92. The lowest BCUT2D eigenvalue weighted by molar-refractivity contribution is 0.486. The number of furan rings is 6. The van der Waals surface area contributed by atoms with Crippen molar-refractivity contribution in [3.05, 3.63) is 83.3 Å². The second-order valence-corrected chi connectivity index (χ2v) is 13.1. The van der Waals surface area contributed by atoms with E-state index in [1.54, 1.807) is 0 Å². The highest BCUT2D eigenvalue weighted by Crippen LogP contribution is 2.41. The fourth-order valence-corrected chi connectivity index (χ4v) is 6.39. The van der Waals surface area contributed by atoms with Gasteiger partial charge >= 0.3 is 0 Å². The largest absolute Gasteiger partial charge is 0.458 e. The molecule has 6 aromatic heterocycles. The molecule has 0 aliphatic heterocycles. The van der Waals surface area contributed by atoms with E-state index in [4.69, 9.17) is 26.5 Å². The van der Waals surface area contributed by atoms with Crippen molar-refractivity contribution < 1.29 is 26.5 Å². The highest BCUT2D eigenvalue weighted by molar-refractivity contribution is 5.70. The van der Waals surface area contributed by atoms with Gasteiger partial charge in [0.25, 0.3) is 0 Å². The summed E-state index contributed by atoms with van der Waals surface area (Å²) in [6.07, 6.45) is 16.5. The van der Waals surface area contributed by atoms with Crippen LogP contribution < -0.4 is 0 Å². The minimum absolute atomic E-state index is 0.670. The van der Waals surface area contributed by atoms with Gasteiger partial charge in [-0.05, 0) is 100 Å². The van der Waals surface area contributed by atoms with Crippen LogP contribution in [0.3, 0.4) is 0 Å². The first-order chi connectivity index (χ1) is 23.5. The van der Waals surface area contributed by atoms with Crippen LogP contribution in [0.25, 0.3) is 57.6 Å². The summed E-state index contributed by atoms with van der Waals surface area (Å²) in [5.41, 5.74) is 2.28. The van der Waals surface area contributed by atoms with Gasteiger partial charge in [-0.3, -0.25) is 0 Å². The van der Waals surface area contributed by atoms with Crippen molar-refractivity contribution in [2.24, 2.45) is 0 Å². The molecule has 0 spiro atoms. The molecule has 0 aromatic carbocycles. The van der Waals surface area contributed by atoms with E-state index < -0.39 is 0 Å². The molecule has 0 saturated carbocycles. The highest BCUT2D eigenvalue weighted by atomic mass is 16.4. The van der Waals surface area contributed by atoms with Crippen molar-refractivity contribution >= 4 is 0 Å². The Balaban J connectivity index is 1.32. The number of rotatable bonds is 19. The maximum absolute atomic E-state index is 6.70. The summed E-state index contributed by atoms with van der Waals surface area (Å²) in [6, 6.07) is 19.8. The van der Waals surface area contributed by atoms with E-state index in [0.717, 1.165) is 59.9 Å². The van der Waals surface area contributed by atoms with Crippen LogP contribution in [0.1, 0.15) is 114 Å². The van der Waals surface area contributed by atoms with Crippen LogP contribution >= 0.6 is 0 Å². The van der Waals surface area contributed by atoms with Crippen molar-refractivity contribution in [1.29, 1.82) is 0 Å². The number of hydrogen-bond donors (Lipinski definition) is 0. The van der Waals surface area contributed by atoms with Crippen LogP contribution in [-0.4, -0.2) is 0 Å². The number of hydrogen-bond acceptors (Lipinski definition) is 6. The first-order valence-corrected chi connectivity index (χ1v) is 18.1. The molecular formula is C42H50O6. The Bertz CT molecular complexity index is 1710. The molecule has 0 saturated heterocycles. The van der Waals surface area contributed by atoms with Crippen molar-refractivity contribution in [3.63, 3.8) is 0 Å². The maximum atomic E-state index is 6.70. The van der Waals surface area contributed by atoms with Crippen LogP contribution in [-0.2, 0) is 12.8 Å². The average molecular weight is 651 g/mol. The zero-order chi connectivity index (χ0) is 33.3. The zero-order valence-electron chi connectivity index (χ0n) is 29.1. The van der Waals surface area contributed by atoms with E-state index in [1.165, 1.54) is 64.2 Å². The Kier molecular flexibility index (Phi) is 11.3. The molecule has 0 fully saturated rings. The minimum atomic E-state index is 0.670. The van der Waals surface area contributed by atoms with E-state index in [0.29, 0.717) is 46.1 Å². The molecule has 0 unspecified atom stereocenters. The third-order valence-electron chi connectivity index (χ3n) is 9.09. The summed E-state index contributed by atoms with van der Waals surface area (Å²) in [4.78, 5) is 0. The Hall–Kier alpha value is -4.32. The SMILES string of the molecule is CCCCCCCCc1cc(-c2ccc(-c3ccc(C)o3)o2)oc1-c1oc(-c2ccc(-c3ccc(C)o3)o2)cc1CCCCCCCC. The van der Waals surface area contributed by atoms with Gasteiger partial charge in [0, 0.05) is 11.1 Å². The van der Waals surface area contributed by atoms with Gasteiger partial charge in [0.2, 0.25) is 0 Å². The Morgan fingerprint density at radius 1 is 0.354 bits per heavy atom. The molecule has 254 valence electrons. The van der Waals surface area contributed by atoms with E-state index in [9.17, 15) is 0 Å². The van der Waals surface area contributed by atoms with Crippen LogP contribution in [0.2, 0.25) is 0 Å². The van der Waals surface area contributed by atoms with Gasteiger partial charge in [0.1, 0.15) is 11.5 Å². The third kappa shape index (κ3) is 8.21. The molecule has 0 atom stereocenters. The molecular weight excluding hydrogens is 600 g/mol. The molecule has 6 nitrogen and oxygen atoms in total. The van der Waals surface area contributed by atoms with Gasteiger partial charge in [-0.15, -0.1) is 0 Å². The van der Waals surface area contributed by atoms with Gasteiger partial charge in [-0.1, -0.05) is 78.1 Å². The fourth-order valence-electron chi connectivity index (χ4n) is 6.39. The quantitative estimate of drug-likeness (QED) is 0.0812. The van der Waals surface area contributed by atoms with Gasteiger partial charge in [-0.25, -0.2) is 0 Å². The van der Waals surface area contributed by atoms with Crippen LogP contribution in [0.15, 0.2) is 87.2 Å². The monoisotopic (exact) mass is 650 g/mol. The summed E-state index contributed by atoms with van der Waals surface area (Å²) < 4.78 is 37.6. The molecule has 6 heterocycles. The molecule has 0 N–H and O–H groups in total. The second kappa shape index (κ2) is 16.2. The van der Waals surface area contributed by atoms with E-state index >= 15 is 0 Å². The topological polar surface area (TPSA) is 78.8 Å². The van der Waals surface area contributed by atoms with Crippen molar-refractivity contribution in [1.82, 2.24) is 0 Å².